The number of carbonyl (C=O) groups excluding carboxylic acids is 3. The number of aliphatic carboxylic acids is 1. The van der Waals surface area contributed by atoms with Gasteiger partial charge in [0.2, 0.25) is 0 Å². The molecular formula is C24H24N9O6S2+. The van der Waals surface area contributed by atoms with Gasteiger partial charge in [0, 0.05) is 29.8 Å². The Labute approximate surface area is 240 Å². The number of oxime groups is 1. The molecule has 1 saturated heterocycles. The zero-order chi connectivity index (χ0) is 29.4. The van der Waals surface area contributed by atoms with Crippen LogP contribution in [0.3, 0.4) is 0 Å². The first-order chi connectivity index (χ1) is 19.6. The van der Waals surface area contributed by atoms with Crippen LogP contribution in [0, 0.1) is 0 Å². The van der Waals surface area contributed by atoms with Crippen LogP contribution in [0.4, 0.5) is 5.13 Å². The van der Waals surface area contributed by atoms with Gasteiger partial charge in [-0.25, -0.2) is 14.3 Å². The zero-order valence-corrected chi connectivity index (χ0v) is 23.3. The lowest BCUT2D eigenvalue weighted by Gasteiger charge is -2.49. The molecule has 0 radical (unpaired) electrons. The topological polar surface area (TPSA) is 212 Å². The number of nitrogen functional groups attached to an aromatic ring is 1. The standard InChI is InChI=1S/C24H23N9O6S2/c1-31-15(6-13(29-31)19(25)34)11-4-3-5-32(7-11)8-12-9-40-22-17(21(36)33(22)18(12)23(37)38)28-20(35)16(30-39-2)14-10-41-24(26)27-14/h3-7,10,17,22H,8-9H2,1-2H3,(H5-,25,26,27,28,34,35,37,38)/p+1/b30-16+/t17-,22-/m1/s1. The number of carboxylic acid groups (broad SMARTS) is 1. The van der Waals surface area contributed by atoms with Gasteiger partial charge in [-0.15, -0.1) is 23.1 Å². The molecule has 5 rings (SSSR count). The average Bonchev–Trinajstić information content (AvgIpc) is 3.55. The van der Waals surface area contributed by atoms with Crippen LogP contribution < -0.4 is 21.4 Å². The number of primary amides is 1. The molecule has 2 aliphatic heterocycles. The summed E-state index contributed by atoms with van der Waals surface area (Å²) < 4.78 is 3.31. The number of anilines is 1. The minimum atomic E-state index is -1.25. The van der Waals surface area contributed by atoms with E-state index in [0.717, 1.165) is 16.9 Å². The van der Waals surface area contributed by atoms with Crippen molar-refractivity contribution in [2.45, 2.75) is 18.0 Å². The van der Waals surface area contributed by atoms with E-state index in [4.69, 9.17) is 16.3 Å². The van der Waals surface area contributed by atoms with Crippen LogP contribution in [-0.4, -0.2) is 78.5 Å². The molecule has 0 aliphatic carbocycles. The number of thioether (sulfide) groups is 1. The second-order valence-corrected chi connectivity index (χ2v) is 11.0. The van der Waals surface area contributed by atoms with Crippen molar-refractivity contribution in [2.75, 3.05) is 18.6 Å². The molecule has 0 spiro atoms. The number of rotatable bonds is 9. The number of nitrogens with two attached hydrogens (primary N) is 2. The summed E-state index contributed by atoms with van der Waals surface area (Å²) in [5.41, 5.74) is 12.9. The van der Waals surface area contributed by atoms with Crippen molar-refractivity contribution in [3.63, 3.8) is 0 Å². The Bertz CT molecular complexity index is 1650. The Hall–Kier alpha value is -4.77. The van der Waals surface area contributed by atoms with Crippen molar-refractivity contribution in [1.29, 1.82) is 0 Å². The van der Waals surface area contributed by atoms with E-state index < -0.39 is 35.1 Å². The second kappa shape index (κ2) is 11.0. The van der Waals surface area contributed by atoms with Crippen LogP contribution in [0.25, 0.3) is 11.3 Å². The van der Waals surface area contributed by atoms with Gasteiger partial charge in [-0.3, -0.25) is 24.0 Å². The van der Waals surface area contributed by atoms with Crippen molar-refractivity contribution >= 4 is 57.6 Å². The lowest BCUT2D eigenvalue weighted by atomic mass is 10.0. The van der Waals surface area contributed by atoms with Crippen molar-refractivity contribution < 1.29 is 33.7 Å². The number of β-lactam (4-membered cyclic amide) rings is 1. The lowest BCUT2D eigenvalue weighted by molar-refractivity contribution is -0.688. The Balaban J connectivity index is 1.36. The highest BCUT2D eigenvalue weighted by Gasteiger charge is 2.54. The number of pyridine rings is 1. The van der Waals surface area contributed by atoms with Crippen LogP contribution in [0.5, 0.6) is 0 Å². The van der Waals surface area contributed by atoms with Gasteiger partial charge < -0.3 is 26.7 Å². The van der Waals surface area contributed by atoms with Crippen LogP contribution in [-0.2, 0) is 32.8 Å². The first-order valence-corrected chi connectivity index (χ1v) is 13.9. The van der Waals surface area contributed by atoms with Crippen molar-refractivity contribution in [3.05, 3.63) is 58.6 Å². The van der Waals surface area contributed by atoms with E-state index in [-0.39, 0.29) is 34.5 Å². The highest BCUT2D eigenvalue weighted by atomic mass is 32.2. The number of aryl methyl sites for hydroxylation is 1. The predicted octanol–water partition coefficient (Wildman–Crippen LogP) is -0.698. The molecule has 2 aliphatic rings. The van der Waals surface area contributed by atoms with Gasteiger partial charge in [-0.05, 0) is 12.1 Å². The lowest BCUT2D eigenvalue weighted by Crippen LogP contribution is -2.71. The summed E-state index contributed by atoms with van der Waals surface area (Å²) in [7, 11) is 2.95. The monoisotopic (exact) mass is 598 g/mol. The Kier molecular flexibility index (Phi) is 7.46. The number of amides is 3. The molecule has 3 aromatic heterocycles. The molecule has 1 fully saturated rings. The molecule has 3 aromatic rings. The van der Waals surface area contributed by atoms with Crippen LogP contribution in [0.2, 0.25) is 0 Å². The summed E-state index contributed by atoms with van der Waals surface area (Å²) in [5.74, 6) is -2.86. The van der Waals surface area contributed by atoms with Crippen molar-refractivity contribution in [2.24, 2.45) is 17.9 Å². The fourth-order valence-corrected chi connectivity index (χ4v) is 6.44. The van der Waals surface area contributed by atoms with Gasteiger partial charge >= 0.3 is 5.97 Å². The fraction of sp³-hybridized carbons (Fsp3) is 0.250. The summed E-state index contributed by atoms with van der Waals surface area (Å²) in [6.07, 6.45) is 3.55. The number of thiazole rings is 1. The number of fused-ring (bicyclic) bond motifs is 1. The number of nitrogens with one attached hydrogen (secondary N) is 1. The van der Waals surface area contributed by atoms with Gasteiger partial charge in [-0.2, -0.15) is 5.10 Å². The van der Waals surface area contributed by atoms with Crippen molar-refractivity contribution in [3.8, 4) is 11.3 Å². The number of hydrogen-bond donors (Lipinski definition) is 4. The molecule has 212 valence electrons. The molecule has 0 unspecified atom stereocenters. The third-order valence-corrected chi connectivity index (χ3v) is 8.37. The van der Waals surface area contributed by atoms with Crippen molar-refractivity contribution in [1.82, 2.24) is 25.0 Å². The molecule has 0 bridgehead atoms. The largest absolute Gasteiger partial charge is 0.477 e. The fourth-order valence-electron chi connectivity index (χ4n) is 4.56. The van der Waals surface area contributed by atoms with Gasteiger partial charge in [0.1, 0.15) is 29.9 Å². The summed E-state index contributed by atoms with van der Waals surface area (Å²) in [5, 5.41) is 21.7. The summed E-state index contributed by atoms with van der Waals surface area (Å²) in [6.45, 7) is 0.187. The molecule has 5 heterocycles. The third kappa shape index (κ3) is 5.23. The number of carbonyl (C=O) groups is 4. The highest BCUT2D eigenvalue weighted by molar-refractivity contribution is 8.00. The zero-order valence-electron chi connectivity index (χ0n) is 21.7. The number of aromatic nitrogens is 4. The second-order valence-electron chi connectivity index (χ2n) is 8.98. The highest BCUT2D eigenvalue weighted by Crippen LogP contribution is 2.40. The first kappa shape index (κ1) is 27.8. The Morgan fingerprint density at radius 2 is 2.12 bits per heavy atom. The predicted molar refractivity (Wildman–Crippen MR) is 147 cm³/mol. The van der Waals surface area contributed by atoms with Gasteiger partial charge in [0.05, 0.1) is 11.3 Å². The maximum absolute atomic E-state index is 13.1. The summed E-state index contributed by atoms with van der Waals surface area (Å²) >= 11 is 2.45. The van der Waals surface area contributed by atoms with E-state index in [9.17, 15) is 24.3 Å². The molecule has 2 atom stereocenters. The van der Waals surface area contributed by atoms with E-state index in [1.165, 1.54) is 33.8 Å². The Morgan fingerprint density at radius 1 is 1.34 bits per heavy atom. The normalized spacial score (nSPS) is 18.5. The van der Waals surface area contributed by atoms with Crippen LogP contribution >= 0.6 is 23.1 Å². The van der Waals surface area contributed by atoms with Gasteiger partial charge in [-0.1, -0.05) is 5.16 Å². The minimum Gasteiger partial charge on any atom is -0.477 e. The maximum Gasteiger partial charge on any atom is 0.352 e. The molecule has 0 saturated carbocycles. The first-order valence-electron chi connectivity index (χ1n) is 12.0. The number of hydrogen-bond acceptors (Lipinski definition) is 11. The smallest absolute Gasteiger partial charge is 0.352 e. The summed E-state index contributed by atoms with van der Waals surface area (Å²) in [6, 6.07) is 4.21. The van der Waals surface area contributed by atoms with E-state index in [1.807, 2.05) is 6.07 Å². The van der Waals surface area contributed by atoms with Gasteiger partial charge in [0.15, 0.2) is 35.5 Å². The molecular weight excluding hydrogens is 574 g/mol. The molecule has 17 heteroatoms. The van der Waals surface area contributed by atoms with Gasteiger partial charge in [0.25, 0.3) is 17.7 Å². The Morgan fingerprint density at radius 3 is 2.76 bits per heavy atom. The van der Waals surface area contributed by atoms with E-state index >= 15 is 0 Å². The SMILES string of the molecule is CO/N=C(/C(=O)N[C@@H]1C(=O)N2C(C(=O)O)=C(C[n+]3cccc(-c4cc(C(N)=O)nn4C)c3)CS[C@H]12)c1csc(N)n1. The average molecular weight is 599 g/mol. The molecule has 0 aromatic carbocycles. The van der Waals surface area contributed by atoms with E-state index in [2.05, 4.69) is 20.6 Å². The van der Waals surface area contributed by atoms with E-state index in [1.54, 1.807) is 36.1 Å². The molecule has 3 amide bonds. The quantitative estimate of drug-likeness (QED) is 0.105. The van der Waals surface area contributed by atoms with Crippen LogP contribution in [0.1, 0.15) is 16.2 Å². The maximum atomic E-state index is 13.1. The molecule has 41 heavy (non-hydrogen) atoms. The minimum absolute atomic E-state index is 0.123. The molecule has 15 nitrogen and oxygen atoms in total. The third-order valence-electron chi connectivity index (χ3n) is 6.36. The summed E-state index contributed by atoms with van der Waals surface area (Å²) in [4.78, 5) is 60.0. The van der Waals surface area contributed by atoms with E-state index in [0.29, 0.717) is 17.0 Å². The number of carboxylic acids is 1. The molecule has 6 N–H and O–H groups in total. The van der Waals surface area contributed by atoms with Crippen LogP contribution in [0.15, 0.2) is 52.4 Å². The number of nitrogens with zero attached hydrogens (tertiary/aromatic N) is 6.